The van der Waals surface area contributed by atoms with Gasteiger partial charge in [0, 0.05) is 22.7 Å². The molecule has 0 saturated heterocycles. The summed E-state index contributed by atoms with van der Waals surface area (Å²) in [6.45, 7) is 11.7. The van der Waals surface area contributed by atoms with Crippen LogP contribution in [0.1, 0.15) is 26.3 Å². The molecule has 0 aliphatic carbocycles. The first kappa shape index (κ1) is 14.3. The number of thiophene rings is 1. The molecule has 0 aliphatic rings. The van der Waals surface area contributed by atoms with Crippen LogP contribution in [0, 0.1) is 5.41 Å². The molecule has 1 unspecified atom stereocenters. The lowest BCUT2D eigenvalue weighted by atomic mass is 9.83. The highest BCUT2D eigenvalue weighted by Gasteiger charge is 2.22. The SMILES string of the molecule is C=CC(C)(CNC(C)C)Cc1csc2ccccc12. The van der Waals surface area contributed by atoms with Gasteiger partial charge in [-0.1, -0.05) is 45.0 Å². The van der Waals surface area contributed by atoms with E-state index in [1.807, 2.05) is 11.3 Å². The first-order valence-electron chi connectivity index (χ1n) is 6.86. The molecule has 2 rings (SSSR count). The molecule has 0 saturated carbocycles. The minimum absolute atomic E-state index is 0.105. The minimum Gasteiger partial charge on any atom is -0.314 e. The van der Waals surface area contributed by atoms with E-state index in [0.717, 1.165) is 13.0 Å². The summed E-state index contributed by atoms with van der Waals surface area (Å²) in [5, 5.41) is 7.22. The molecule has 1 N–H and O–H groups in total. The van der Waals surface area contributed by atoms with Gasteiger partial charge < -0.3 is 5.32 Å². The van der Waals surface area contributed by atoms with Gasteiger partial charge in [-0.05, 0) is 28.8 Å². The minimum atomic E-state index is 0.105. The molecule has 0 spiro atoms. The smallest absolute Gasteiger partial charge is 0.0345 e. The fourth-order valence-corrected chi connectivity index (χ4v) is 3.21. The quantitative estimate of drug-likeness (QED) is 0.756. The Kier molecular flexibility index (Phi) is 4.43. The van der Waals surface area contributed by atoms with Crippen LogP contribution in [0.3, 0.4) is 0 Å². The number of benzene rings is 1. The molecule has 19 heavy (non-hydrogen) atoms. The van der Waals surface area contributed by atoms with Gasteiger partial charge in [0.15, 0.2) is 0 Å². The fourth-order valence-electron chi connectivity index (χ4n) is 2.25. The van der Waals surface area contributed by atoms with Gasteiger partial charge in [0.1, 0.15) is 0 Å². The van der Waals surface area contributed by atoms with Crippen LogP contribution in [-0.2, 0) is 6.42 Å². The number of rotatable bonds is 6. The topological polar surface area (TPSA) is 12.0 Å². The Morgan fingerprint density at radius 1 is 1.37 bits per heavy atom. The molecule has 102 valence electrons. The molecule has 0 bridgehead atoms. The van der Waals surface area contributed by atoms with E-state index in [9.17, 15) is 0 Å². The predicted octanol–water partition coefficient (Wildman–Crippen LogP) is 4.63. The van der Waals surface area contributed by atoms with E-state index >= 15 is 0 Å². The second-order valence-corrected chi connectivity index (χ2v) is 6.74. The third-order valence-electron chi connectivity index (χ3n) is 3.56. The van der Waals surface area contributed by atoms with Crippen LogP contribution in [-0.4, -0.2) is 12.6 Å². The lowest BCUT2D eigenvalue weighted by molar-refractivity contribution is 0.375. The first-order chi connectivity index (χ1) is 9.04. The normalized spacial score (nSPS) is 14.7. The monoisotopic (exact) mass is 273 g/mol. The third-order valence-corrected chi connectivity index (χ3v) is 4.57. The van der Waals surface area contributed by atoms with Crippen molar-refractivity contribution < 1.29 is 0 Å². The second kappa shape index (κ2) is 5.89. The van der Waals surface area contributed by atoms with Gasteiger partial charge in [0.25, 0.3) is 0 Å². The zero-order valence-electron chi connectivity index (χ0n) is 12.1. The molecule has 1 atom stereocenters. The number of hydrogen-bond acceptors (Lipinski definition) is 2. The summed E-state index contributed by atoms with van der Waals surface area (Å²) in [6.07, 6.45) is 3.13. The largest absolute Gasteiger partial charge is 0.314 e. The van der Waals surface area contributed by atoms with Crippen LogP contribution in [0.4, 0.5) is 0 Å². The molecular weight excluding hydrogens is 250 g/mol. The molecule has 1 aromatic carbocycles. The molecule has 1 heterocycles. The molecule has 0 fully saturated rings. The Morgan fingerprint density at radius 3 is 2.79 bits per heavy atom. The highest BCUT2D eigenvalue weighted by Crippen LogP contribution is 2.31. The zero-order chi connectivity index (χ0) is 13.9. The van der Waals surface area contributed by atoms with Gasteiger partial charge in [-0.3, -0.25) is 0 Å². The molecule has 0 radical (unpaired) electrons. The number of hydrogen-bond donors (Lipinski definition) is 1. The third kappa shape index (κ3) is 3.46. The van der Waals surface area contributed by atoms with Gasteiger partial charge in [-0.2, -0.15) is 0 Å². The zero-order valence-corrected chi connectivity index (χ0v) is 12.9. The van der Waals surface area contributed by atoms with Gasteiger partial charge in [-0.15, -0.1) is 17.9 Å². The van der Waals surface area contributed by atoms with Crippen LogP contribution >= 0.6 is 11.3 Å². The molecular formula is C17H23NS. The average molecular weight is 273 g/mol. The summed E-state index contributed by atoms with van der Waals surface area (Å²) in [7, 11) is 0. The van der Waals surface area contributed by atoms with Crippen molar-refractivity contribution in [2.24, 2.45) is 5.41 Å². The number of fused-ring (bicyclic) bond motifs is 1. The maximum absolute atomic E-state index is 4.03. The van der Waals surface area contributed by atoms with Crippen molar-refractivity contribution in [3.8, 4) is 0 Å². The Labute approximate surface area is 120 Å². The Morgan fingerprint density at radius 2 is 2.11 bits per heavy atom. The van der Waals surface area contributed by atoms with E-state index in [-0.39, 0.29) is 5.41 Å². The highest BCUT2D eigenvalue weighted by atomic mass is 32.1. The lowest BCUT2D eigenvalue weighted by Crippen LogP contribution is -2.35. The van der Waals surface area contributed by atoms with E-state index < -0.39 is 0 Å². The molecule has 1 aromatic heterocycles. The van der Waals surface area contributed by atoms with E-state index in [2.05, 4.69) is 68.4 Å². The predicted molar refractivity (Wildman–Crippen MR) is 87.0 cm³/mol. The maximum Gasteiger partial charge on any atom is 0.0345 e. The molecule has 1 nitrogen and oxygen atoms in total. The Hall–Kier alpha value is -1.12. The fraction of sp³-hybridized carbons (Fsp3) is 0.412. The summed E-state index contributed by atoms with van der Waals surface area (Å²) in [6, 6.07) is 9.16. The summed E-state index contributed by atoms with van der Waals surface area (Å²) in [4.78, 5) is 0. The van der Waals surface area contributed by atoms with Crippen LogP contribution in [0.5, 0.6) is 0 Å². The second-order valence-electron chi connectivity index (χ2n) is 5.83. The van der Waals surface area contributed by atoms with E-state index in [0.29, 0.717) is 6.04 Å². The lowest BCUT2D eigenvalue weighted by Gasteiger charge is -2.27. The summed E-state index contributed by atoms with van der Waals surface area (Å²) < 4.78 is 1.38. The van der Waals surface area contributed by atoms with Crippen molar-refractivity contribution in [3.05, 3.63) is 47.9 Å². The Bertz CT molecular complexity index is 555. The van der Waals surface area contributed by atoms with Crippen molar-refractivity contribution in [1.29, 1.82) is 0 Å². The van der Waals surface area contributed by atoms with Gasteiger partial charge in [0.05, 0.1) is 0 Å². The van der Waals surface area contributed by atoms with Crippen molar-refractivity contribution in [2.75, 3.05) is 6.54 Å². The van der Waals surface area contributed by atoms with Crippen molar-refractivity contribution in [2.45, 2.75) is 33.2 Å². The van der Waals surface area contributed by atoms with Crippen LogP contribution in [0.25, 0.3) is 10.1 Å². The van der Waals surface area contributed by atoms with Crippen molar-refractivity contribution in [1.82, 2.24) is 5.32 Å². The standard InChI is InChI=1S/C17H23NS/c1-5-17(4,12-18-13(2)3)10-14-11-19-16-9-7-6-8-15(14)16/h5-9,11,13,18H,1,10,12H2,2-4H3. The number of nitrogens with one attached hydrogen (secondary N) is 1. The van der Waals surface area contributed by atoms with Crippen molar-refractivity contribution >= 4 is 21.4 Å². The van der Waals surface area contributed by atoms with Crippen LogP contribution in [0.15, 0.2) is 42.3 Å². The maximum atomic E-state index is 4.03. The summed E-state index contributed by atoms with van der Waals surface area (Å²) in [5.74, 6) is 0. The molecule has 2 aromatic rings. The van der Waals surface area contributed by atoms with Gasteiger partial charge in [0.2, 0.25) is 0 Å². The molecule has 0 aliphatic heterocycles. The van der Waals surface area contributed by atoms with E-state index in [1.165, 1.54) is 15.6 Å². The van der Waals surface area contributed by atoms with Crippen LogP contribution < -0.4 is 5.32 Å². The first-order valence-corrected chi connectivity index (χ1v) is 7.74. The van der Waals surface area contributed by atoms with Gasteiger partial charge >= 0.3 is 0 Å². The molecule has 0 amide bonds. The van der Waals surface area contributed by atoms with Crippen LogP contribution in [0.2, 0.25) is 0 Å². The Balaban J connectivity index is 2.20. The van der Waals surface area contributed by atoms with E-state index in [4.69, 9.17) is 0 Å². The average Bonchev–Trinajstić information content (AvgIpc) is 2.80. The highest BCUT2D eigenvalue weighted by molar-refractivity contribution is 7.17. The summed E-state index contributed by atoms with van der Waals surface area (Å²) >= 11 is 1.83. The summed E-state index contributed by atoms with van der Waals surface area (Å²) in [5.41, 5.74) is 1.54. The van der Waals surface area contributed by atoms with Crippen molar-refractivity contribution in [3.63, 3.8) is 0 Å². The molecule has 2 heteroatoms. The van der Waals surface area contributed by atoms with Gasteiger partial charge in [-0.25, -0.2) is 0 Å². The van der Waals surface area contributed by atoms with E-state index in [1.54, 1.807) is 0 Å².